The van der Waals surface area contributed by atoms with Crippen molar-refractivity contribution >= 4 is 17.0 Å². The zero-order chi connectivity index (χ0) is 14.0. The number of aryl methyl sites for hydroxylation is 1. The first-order chi connectivity index (χ1) is 9.04. The summed E-state index contributed by atoms with van der Waals surface area (Å²) in [4.78, 5) is 36.7. The van der Waals surface area contributed by atoms with Crippen LogP contribution in [-0.2, 0) is 6.54 Å². The van der Waals surface area contributed by atoms with E-state index in [4.69, 9.17) is 5.11 Å². The fourth-order valence-electron chi connectivity index (χ4n) is 1.95. The zero-order valence-electron chi connectivity index (χ0n) is 10.5. The number of nitrogens with zero attached hydrogens (tertiary/aromatic N) is 1. The maximum absolute atomic E-state index is 11.8. The predicted octanol–water partition coefficient (Wildman–Crippen LogP) is 1.19. The van der Waals surface area contributed by atoms with Crippen molar-refractivity contribution in [2.75, 3.05) is 0 Å². The molecule has 19 heavy (non-hydrogen) atoms. The van der Waals surface area contributed by atoms with Gasteiger partial charge in [0.05, 0.1) is 16.6 Å². The van der Waals surface area contributed by atoms with E-state index in [9.17, 15) is 14.4 Å². The standard InChI is InChI=1S/C13H14N2O4/c1-2-3-6-15-10-5-4-8(13(18)19)7-9(10)14-11(16)12(15)17/h4-5,7H,2-3,6H2,1H3,(H,14,16)(H,18,19). The first-order valence-electron chi connectivity index (χ1n) is 6.04. The molecule has 1 heterocycles. The fraction of sp³-hybridized carbons (Fsp3) is 0.308. The van der Waals surface area contributed by atoms with Crippen LogP contribution in [0.2, 0.25) is 0 Å². The van der Waals surface area contributed by atoms with E-state index >= 15 is 0 Å². The highest BCUT2D eigenvalue weighted by Crippen LogP contribution is 2.12. The smallest absolute Gasteiger partial charge is 0.335 e. The number of aromatic nitrogens is 2. The summed E-state index contributed by atoms with van der Waals surface area (Å²) in [6.07, 6.45) is 1.67. The van der Waals surface area contributed by atoms with Crippen LogP contribution >= 0.6 is 0 Å². The van der Waals surface area contributed by atoms with Gasteiger partial charge < -0.3 is 14.7 Å². The van der Waals surface area contributed by atoms with Crippen molar-refractivity contribution in [2.24, 2.45) is 0 Å². The van der Waals surface area contributed by atoms with Crippen molar-refractivity contribution in [3.63, 3.8) is 0 Å². The summed E-state index contributed by atoms with van der Waals surface area (Å²) in [5.74, 6) is -1.07. The predicted molar refractivity (Wildman–Crippen MR) is 70.7 cm³/mol. The molecule has 2 aromatic rings. The summed E-state index contributed by atoms with van der Waals surface area (Å²) in [6, 6.07) is 4.33. The van der Waals surface area contributed by atoms with Crippen LogP contribution in [0.4, 0.5) is 0 Å². The molecule has 2 N–H and O–H groups in total. The van der Waals surface area contributed by atoms with Gasteiger partial charge in [0.15, 0.2) is 0 Å². The molecule has 0 aliphatic heterocycles. The molecule has 0 saturated carbocycles. The van der Waals surface area contributed by atoms with Crippen LogP contribution in [0.1, 0.15) is 30.1 Å². The van der Waals surface area contributed by atoms with E-state index in [-0.39, 0.29) is 5.56 Å². The second kappa shape index (κ2) is 5.09. The lowest BCUT2D eigenvalue weighted by molar-refractivity contribution is 0.0697. The fourth-order valence-corrected chi connectivity index (χ4v) is 1.95. The summed E-state index contributed by atoms with van der Waals surface area (Å²) in [7, 11) is 0. The number of fused-ring (bicyclic) bond motifs is 1. The lowest BCUT2D eigenvalue weighted by Crippen LogP contribution is -2.36. The lowest BCUT2D eigenvalue weighted by atomic mass is 10.2. The molecule has 0 saturated heterocycles. The Labute approximate surface area is 108 Å². The Bertz CT molecular complexity index is 742. The van der Waals surface area contributed by atoms with E-state index in [1.165, 1.54) is 16.7 Å². The number of benzene rings is 1. The molecule has 100 valence electrons. The van der Waals surface area contributed by atoms with Crippen molar-refractivity contribution in [3.05, 3.63) is 44.5 Å². The van der Waals surface area contributed by atoms with Gasteiger partial charge >= 0.3 is 17.1 Å². The first-order valence-corrected chi connectivity index (χ1v) is 6.04. The van der Waals surface area contributed by atoms with Crippen LogP contribution in [0.3, 0.4) is 0 Å². The van der Waals surface area contributed by atoms with Crippen LogP contribution in [0.25, 0.3) is 11.0 Å². The topological polar surface area (TPSA) is 92.2 Å². The van der Waals surface area contributed by atoms with Crippen LogP contribution in [0, 0.1) is 0 Å². The average Bonchev–Trinajstić information content (AvgIpc) is 2.38. The lowest BCUT2D eigenvalue weighted by Gasteiger charge is -2.09. The van der Waals surface area contributed by atoms with Crippen molar-refractivity contribution in [1.29, 1.82) is 0 Å². The molecule has 2 rings (SSSR count). The number of carboxylic acids is 1. The van der Waals surface area contributed by atoms with Gasteiger partial charge in [0.25, 0.3) is 0 Å². The summed E-state index contributed by atoms with van der Waals surface area (Å²) < 4.78 is 1.39. The third kappa shape index (κ3) is 2.42. The monoisotopic (exact) mass is 262 g/mol. The molecule has 0 aliphatic rings. The minimum absolute atomic E-state index is 0.0730. The highest BCUT2D eigenvalue weighted by Gasteiger charge is 2.10. The number of hydrogen-bond acceptors (Lipinski definition) is 3. The van der Waals surface area contributed by atoms with Crippen LogP contribution < -0.4 is 11.1 Å². The number of hydrogen-bond donors (Lipinski definition) is 2. The summed E-state index contributed by atoms with van der Waals surface area (Å²) in [5, 5.41) is 8.92. The largest absolute Gasteiger partial charge is 0.478 e. The van der Waals surface area contributed by atoms with E-state index in [2.05, 4.69) is 4.98 Å². The van der Waals surface area contributed by atoms with E-state index in [0.717, 1.165) is 12.8 Å². The van der Waals surface area contributed by atoms with Gasteiger partial charge in [-0.25, -0.2) is 4.79 Å². The summed E-state index contributed by atoms with van der Waals surface area (Å²) in [5.41, 5.74) is -0.359. The van der Waals surface area contributed by atoms with E-state index in [1.807, 2.05) is 6.92 Å². The normalized spacial score (nSPS) is 10.8. The quantitative estimate of drug-likeness (QED) is 0.809. The second-order valence-electron chi connectivity index (χ2n) is 4.30. The van der Waals surface area contributed by atoms with Crippen LogP contribution in [0.5, 0.6) is 0 Å². The zero-order valence-corrected chi connectivity index (χ0v) is 10.5. The number of unbranched alkanes of at least 4 members (excludes halogenated alkanes) is 1. The third-order valence-electron chi connectivity index (χ3n) is 2.96. The minimum atomic E-state index is -1.07. The number of carbonyl (C=O) groups is 1. The molecule has 1 aromatic heterocycles. The Kier molecular flexibility index (Phi) is 3.50. The average molecular weight is 262 g/mol. The number of nitrogens with one attached hydrogen (secondary N) is 1. The minimum Gasteiger partial charge on any atom is -0.478 e. The summed E-state index contributed by atoms with van der Waals surface area (Å²) in [6.45, 7) is 2.44. The molecule has 6 heteroatoms. The Hall–Kier alpha value is -2.37. The van der Waals surface area contributed by atoms with Crippen molar-refractivity contribution < 1.29 is 9.90 Å². The summed E-state index contributed by atoms with van der Waals surface area (Å²) >= 11 is 0. The molecule has 0 unspecified atom stereocenters. The van der Waals surface area contributed by atoms with E-state index in [1.54, 1.807) is 6.07 Å². The molecule has 6 nitrogen and oxygen atoms in total. The molecule has 0 aliphatic carbocycles. The number of H-pyrrole nitrogens is 1. The van der Waals surface area contributed by atoms with Gasteiger partial charge in [-0.05, 0) is 24.6 Å². The molecule has 1 aromatic carbocycles. The molecule has 0 bridgehead atoms. The molecule has 0 spiro atoms. The number of aromatic carboxylic acids is 1. The Morgan fingerprint density at radius 1 is 1.37 bits per heavy atom. The number of carboxylic acid groups (broad SMARTS) is 1. The van der Waals surface area contributed by atoms with Gasteiger partial charge in [0.1, 0.15) is 0 Å². The maximum Gasteiger partial charge on any atom is 0.335 e. The molecule has 0 radical (unpaired) electrons. The maximum atomic E-state index is 11.8. The number of rotatable bonds is 4. The molecule has 0 atom stereocenters. The van der Waals surface area contributed by atoms with Gasteiger partial charge in [-0.15, -0.1) is 0 Å². The van der Waals surface area contributed by atoms with Gasteiger partial charge in [-0.2, -0.15) is 0 Å². The van der Waals surface area contributed by atoms with Gasteiger partial charge in [-0.1, -0.05) is 13.3 Å². The van der Waals surface area contributed by atoms with Crippen molar-refractivity contribution in [1.82, 2.24) is 9.55 Å². The van der Waals surface area contributed by atoms with Crippen molar-refractivity contribution in [3.8, 4) is 0 Å². The van der Waals surface area contributed by atoms with Crippen molar-refractivity contribution in [2.45, 2.75) is 26.3 Å². The van der Waals surface area contributed by atoms with Crippen LogP contribution in [0.15, 0.2) is 27.8 Å². The first kappa shape index (κ1) is 13.1. The SMILES string of the molecule is CCCCn1c(=O)c(=O)[nH]c2cc(C(=O)O)ccc21. The highest BCUT2D eigenvalue weighted by atomic mass is 16.4. The Morgan fingerprint density at radius 2 is 2.11 bits per heavy atom. The van der Waals surface area contributed by atoms with Gasteiger partial charge in [-0.3, -0.25) is 9.59 Å². The molecule has 0 amide bonds. The Morgan fingerprint density at radius 3 is 2.74 bits per heavy atom. The molecular formula is C13H14N2O4. The molecular weight excluding hydrogens is 248 g/mol. The Balaban J connectivity index is 2.72. The van der Waals surface area contributed by atoms with E-state index < -0.39 is 17.1 Å². The molecule has 0 fully saturated rings. The van der Waals surface area contributed by atoms with Gasteiger partial charge in [0, 0.05) is 6.54 Å². The van der Waals surface area contributed by atoms with Crippen LogP contribution in [-0.4, -0.2) is 20.6 Å². The highest BCUT2D eigenvalue weighted by molar-refractivity contribution is 5.92. The second-order valence-corrected chi connectivity index (χ2v) is 4.30. The number of aromatic amines is 1. The third-order valence-corrected chi connectivity index (χ3v) is 2.96. The van der Waals surface area contributed by atoms with E-state index in [0.29, 0.717) is 17.6 Å². The van der Waals surface area contributed by atoms with Gasteiger partial charge in [0.2, 0.25) is 0 Å².